The normalized spacial score (nSPS) is 13.1. The van der Waals surface area contributed by atoms with Crippen LogP contribution in [0.25, 0.3) is 0 Å². The molecule has 0 aliphatic heterocycles. The standard InChI is InChI=1S/C19H23O4P/c1-4-5-14-24(21,15-10-7-6-8-11-15)19(20)18-16(22-2)12-9-13-17(18)23-3/h6-13H,4-5,14H2,1-3H3. The Labute approximate surface area is 143 Å². The van der Waals surface area contributed by atoms with Crippen molar-refractivity contribution in [2.75, 3.05) is 20.4 Å². The first-order valence-electron chi connectivity index (χ1n) is 7.99. The molecule has 0 spiro atoms. The van der Waals surface area contributed by atoms with Crippen LogP contribution in [0.3, 0.4) is 0 Å². The lowest BCUT2D eigenvalue weighted by molar-refractivity contribution is 0.107. The Hall–Kier alpha value is -2.06. The summed E-state index contributed by atoms with van der Waals surface area (Å²) in [6.07, 6.45) is 1.93. The number of ether oxygens (including phenoxy) is 2. The molecule has 0 heterocycles. The molecule has 2 rings (SSSR count). The van der Waals surface area contributed by atoms with Gasteiger partial charge in [-0.25, -0.2) is 0 Å². The van der Waals surface area contributed by atoms with Crippen LogP contribution < -0.4 is 14.8 Å². The Bertz CT molecular complexity index is 718. The van der Waals surface area contributed by atoms with E-state index in [0.717, 1.165) is 12.8 Å². The largest absolute Gasteiger partial charge is 0.496 e. The average Bonchev–Trinajstić information content (AvgIpc) is 2.65. The van der Waals surface area contributed by atoms with Gasteiger partial charge in [0.1, 0.15) is 17.1 Å². The van der Waals surface area contributed by atoms with E-state index in [0.29, 0.717) is 23.0 Å². The van der Waals surface area contributed by atoms with Gasteiger partial charge in [0.25, 0.3) is 0 Å². The summed E-state index contributed by atoms with van der Waals surface area (Å²) >= 11 is 0. The molecule has 4 nitrogen and oxygen atoms in total. The van der Waals surface area contributed by atoms with Gasteiger partial charge in [-0.3, -0.25) is 4.79 Å². The maximum atomic E-state index is 13.7. The van der Waals surface area contributed by atoms with E-state index in [1.54, 1.807) is 42.5 Å². The van der Waals surface area contributed by atoms with Gasteiger partial charge in [-0.1, -0.05) is 49.7 Å². The van der Waals surface area contributed by atoms with Crippen LogP contribution in [0.1, 0.15) is 30.1 Å². The van der Waals surface area contributed by atoms with Crippen molar-refractivity contribution in [3.8, 4) is 11.5 Å². The van der Waals surface area contributed by atoms with Gasteiger partial charge < -0.3 is 14.0 Å². The number of rotatable bonds is 8. The molecule has 0 fully saturated rings. The molecular weight excluding hydrogens is 323 g/mol. The van der Waals surface area contributed by atoms with Crippen molar-refractivity contribution in [2.24, 2.45) is 0 Å². The molecule has 0 bridgehead atoms. The smallest absolute Gasteiger partial charge is 0.233 e. The maximum Gasteiger partial charge on any atom is 0.233 e. The number of unbranched alkanes of at least 4 members (excludes halogenated alkanes) is 1. The van der Waals surface area contributed by atoms with Gasteiger partial charge in [0.2, 0.25) is 5.52 Å². The summed E-state index contributed by atoms with van der Waals surface area (Å²) in [5.41, 5.74) is -0.151. The van der Waals surface area contributed by atoms with E-state index in [1.807, 2.05) is 13.0 Å². The number of carbonyl (C=O) groups excluding carboxylic acids is 1. The lowest BCUT2D eigenvalue weighted by Crippen LogP contribution is -2.17. The van der Waals surface area contributed by atoms with Crippen molar-refractivity contribution < 1.29 is 18.8 Å². The third-order valence-corrected chi connectivity index (χ3v) is 6.93. The first-order chi connectivity index (χ1) is 11.6. The zero-order valence-corrected chi connectivity index (χ0v) is 15.2. The van der Waals surface area contributed by atoms with Gasteiger partial charge in [-0.2, -0.15) is 0 Å². The van der Waals surface area contributed by atoms with Crippen molar-refractivity contribution in [3.63, 3.8) is 0 Å². The average molecular weight is 346 g/mol. The van der Waals surface area contributed by atoms with E-state index in [1.165, 1.54) is 14.2 Å². The van der Waals surface area contributed by atoms with Crippen LogP contribution in [-0.2, 0) is 4.57 Å². The minimum atomic E-state index is -3.28. The molecule has 0 amide bonds. The molecule has 0 aromatic heterocycles. The highest BCUT2D eigenvalue weighted by atomic mass is 31.2. The molecule has 0 aliphatic rings. The molecule has 0 N–H and O–H groups in total. The number of hydrogen-bond acceptors (Lipinski definition) is 4. The topological polar surface area (TPSA) is 52.6 Å². The summed E-state index contributed by atoms with van der Waals surface area (Å²) in [5, 5.41) is 0.580. The van der Waals surface area contributed by atoms with Gasteiger partial charge in [0.05, 0.1) is 14.2 Å². The Balaban J connectivity index is 2.60. The molecular formula is C19H23O4P. The van der Waals surface area contributed by atoms with Crippen molar-refractivity contribution >= 4 is 18.0 Å². The third-order valence-electron chi connectivity index (χ3n) is 3.97. The predicted octanol–water partition coefficient (Wildman–Crippen LogP) is 4.33. The first kappa shape index (κ1) is 18.3. The van der Waals surface area contributed by atoms with Crippen molar-refractivity contribution in [2.45, 2.75) is 19.8 Å². The zero-order valence-electron chi connectivity index (χ0n) is 14.3. The number of methoxy groups -OCH3 is 2. The van der Waals surface area contributed by atoms with Crippen LogP contribution in [0, 0.1) is 0 Å². The van der Waals surface area contributed by atoms with Gasteiger partial charge in [0.15, 0.2) is 7.14 Å². The van der Waals surface area contributed by atoms with Crippen LogP contribution in [0.15, 0.2) is 48.5 Å². The van der Waals surface area contributed by atoms with Crippen LogP contribution >= 0.6 is 7.14 Å². The second kappa shape index (κ2) is 8.16. The Morgan fingerprint density at radius 1 is 0.958 bits per heavy atom. The summed E-state index contributed by atoms with van der Waals surface area (Å²) < 4.78 is 24.4. The summed E-state index contributed by atoms with van der Waals surface area (Å²) in [7, 11) is -0.298. The zero-order chi connectivity index (χ0) is 17.6. The predicted molar refractivity (Wildman–Crippen MR) is 97.3 cm³/mol. The number of hydrogen-bond donors (Lipinski definition) is 0. The van der Waals surface area contributed by atoms with E-state index in [-0.39, 0.29) is 5.56 Å². The Kier molecular flexibility index (Phi) is 6.22. The molecule has 0 saturated carbocycles. The molecule has 0 saturated heterocycles. The summed E-state index contributed by atoms with van der Waals surface area (Å²) in [5.74, 6) is 0.763. The highest BCUT2D eigenvalue weighted by molar-refractivity contribution is 7.87. The first-order valence-corrected chi connectivity index (χ1v) is 9.88. The Morgan fingerprint density at radius 2 is 1.54 bits per heavy atom. The second-order valence-electron chi connectivity index (χ2n) is 5.50. The fourth-order valence-corrected chi connectivity index (χ4v) is 5.33. The second-order valence-corrected chi connectivity index (χ2v) is 8.34. The van der Waals surface area contributed by atoms with E-state index >= 15 is 0 Å². The van der Waals surface area contributed by atoms with Crippen LogP contribution in [0.5, 0.6) is 11.5 Å². The van der Waals surface area contributed by atoms with Gasteiger partial charge >= 0.3 is 0 Å². The lowest BCUT2D eigenvalue weighted by Gasteiger charge is -2.20. The van der Waals surface area contributed by atoms with Gasteiger partial charge in [-0.15, -0.1) is 0 Å². The monoisotopic (exact) mass is 346 g/mol. The van der Waals surface area contributed by atoms with Gasteiger partial charge in [0, 0.05) is 11.5 Å². The van der Waals surface area contributed by atoms with E-state index in [4.69, 9.17) is 9.47 Å². The van der Waals surface area contributed by atoms with Crippen molar-refractivity contribution in [1.29, 1.82) is 0 Å². The lowest BCUT2D eigenvalue weighted by atomic mass is 10.2. The van der Waals surface area contributed by atoms with Crippen molar-refractivity contribution in [3.05, 3.63) is 54.1 Å². The molecule has 2 aromatic carbocycles. The molecule has 0 radical (unpaired) electrons. The molecule has 24 heavy (non-hydrogen) atoms. The molecule has 1 atom stereocenters. The highest BCUT2D eigenvalue weighted by Crippen LogP contribution is 2.51. The number of carbonyl (C=O) groups is 1. The van der Waals surface area contributed by atoms with E-state index in [9.17, 15) is 9.36 Å². The maximum absolute atomic E-state index is 13.7. The van der Waals surface area contributed by atoms with Crippen molar-refractivity contribution in [1.82, 2.24) is 0 Å². The van der Waals surface area contributed by atoms with Crippen LogP contribution in [-0.4, -0.2) is 25.9 Å². The molecule has 0 aliphatic carbocycles. The highest BCUT2D eigenvalue weighted by Gasteiger charge is 2.37. The molecule has 128 valence electrons. The number of benzene rings is 2. The summed E-state index contributed by atoms with van der Waals surface area (Å²) in [4.78, 5) is 13.3. The fourth-order valence-electron chi connectivity index (χ4n) is 2.64. The fraction of sp³-hybridized carbons (Fsp3) is 0.316. The van der Waals surface area contributed by atoms with Gasteiger partial charge in [-0.05, 0) is 18.6 Å². The quantitative estimate of drug-likeness (QED) is 0.668. The SMILES string of the molecule is CCCCP(=O)(C(=O)c1c(OC)cccc1OC)c1ccccc1. The van der Waals surface area contributed by atoms with E-state index < -0.39 is 12.7 Å². The molecule has 2 aromatic rings. The minimum absolute atomic E-state index is 0.255. The van der Waals surface area contributed by atoms with Crippen LogP contribution in [0.4, 0.5) is 0 Å². The minimum Gasteiger partial charge on any atom is -0.496 e. The molecule has 1 unspecified atom stereocenters. The summed E-state index contributed by atoms with van der Waals surface area (Å²) in [6, 6.07) is 14.1. The van der Waals surface area contributed by atoms with E-state index in [2.05, 4.69) is 0 Å². The third kappa shape index (κ3) is 3.54. The Morgan fingerprint density at radius 3 is 2.04 bits per heavy atom. The molecule has 5 heteroatoms. The van der Waals surface area contributed by atoms with Crippen LogP contribution in [0.2, 0.25) is 0 Å². The summed E-state index contributed by atoms with van der Waals surface area (Å²) in [6.45, 7) is 2.02.